The second-order valence-corrected chi connectivity index (χ2v) is 4.40. The van der Waals surface area contributed by atoms with Crippen LogP contribution in [0, 0.1) is 11.6 Å². The zero-order valence-electron chi connectivity index (χ0n) is 8.75. The quantitative estimate of drug-likeness (QED) is 0.934. The number of halogens is 3. The van der Waals surface area contributed by atoms with Crippen LogP contribution in [0.3, 0.4) is 0 Å². The van der Waals surface area contributed by atoms with Crippen LogP contribution in [0.25, 0.3) is 0 Å². The number of nitrogens with zero attached hydrogens (tertiary/aromatic N) is 1. The zero-order chi connectivity index (χ0) is 12.3. The molecule has 0 unspecified atom stereocenters. The minimum atomic E-state index is -0.402. The summed E-state index contributed by atoms with van der Waals surface area (Å²) in [4.78, 5) is 3.72. The van der Waals surface area contributed by atoms with Crippen LogP contribution in [0.5, 0.6) is 0 Å². The second-order valence-electron chi connectivity index (χ2n) is 3.49. The Labute approximate surface area is 106 Å². The molecule has 1 aromatic carbocycles. The summed E-state index contributed by atoms with van der Waals surface area (Å²) in [5, 5.41) is 2.88. The number of pyridine rings is 1. The van der Waals surface area contributed by atoms with Crippen LogP contribution in [0.2, 0.25) is 0 Å². The zero-order valence-corrected chi connectivity index (χ0v) is 10.3. The summed E-state index contributed by atoms with van der Waals surface area (Å²) in [5.41, 5.74) is 1.03. The van der Waals surface area contributed by atoms with Gasteiger partial charge in [-0.05, 0) is 29.8 Å². The Morgan fingerprint density at radius 3 is 2.71 bits per heavy atom. The molecule has 2 aromatic rings. The van der Waals surface area contributed by atoms with E-state index in [-0.39, 0.29) is 5.82 Å². The van der Waals surface area contributed by atoms with Gasteiger partial charge in [-0.2, -0.15) is 0 Å². The molecule has 1 heterocycles. The molecule has 2 nitrogen and oxygen atoms in total. The third kappa shape index (κ3) is 3.23. The predicted octanol–water partition coefficient (Wildman–Crippen LogP) is 3.73. The third-order valence-electron chi connectivity index (χ3n) is 2.18. The highest BCUT2D eigenvalue weighted by atomic mass is 79.9. The lowest BCUT2D eigenvalue weighted by atomic mass is 10.2. The molecule has 0 aliphatic rings. The average Bonchev–Trinajstić information content (AvgIpc) is 2.28. The molecule has 1 N–H and O–H groups in total. The van der Waals surface area contributed by atoms with Gasteiger partial charge in [-0.3, -0.25) is 4.98 Å². The number of benzene rings is 1. The van der Waals surface area contributed by atoms with Gasteiger partial charge in [-0.25, -0.2) is 8.78 Å². The molecule has 0 spiro atoms. The Hall–Kier alpha value is -1.49. The van der Waals surface area contributed by atoms with E-state index in [2.05, 4.69) is 26.2 Å². The Bertz CT molecular complexity index is 532. The normalized spacial score (nSPS) is 10.3. The first kappa shape index (κ1) is 12.0. The van der Waals surface area contributed by atoms with E-state index in [9.17, 15) is 8.78 Å². The van der Waals surface area contributed by atoms with Gasteiger partial charge in [0.15, 0.2) is 0 Å². The van der Waals surface area contributed by atoms with Crippen molar-refractivity contribution in [2.24, 2.45) is 0 Å². The molecular formula is C12H9BrF2N2. The molecule has 0 aliphatic carbocycles. The number of anilines is 1. The van der Waals surface area contributed by atoms with Crippen LogP contribution < -0.4 is 5.32 Å². The summed E-state index contributed by atoms with van der Waals surface area (Å²) >= 11 is 3.17. The first-order chi connectivity index (χ1) is 8.15. The fourth-order valence-electron chi connectivity index (χ4n) is 1.38. The average molecular weight is 299 g/mol. The van der Waals surface area contributed by atoms with Gasteiger partial charge in [0.2, 0.25) is 0 Å². The summed E-state index contributed by atoms with van der Waals surface area (Å²) in [7, 11) is 0. The van der Waals surface area contributed by atoms with Crippen molar-refractivity contribution in [1.29, 1.82) is 0 Å². The number of aromatic nitrogens is 1. The molecule has 0 atom stereocenters. The minimum absolute atomic E-state index is 0.323. The van der Waals surface area contributed by atoms with Crippen LogP contribution in [-0.4, -0.2) is 4.98 Å². The molecule has 0 aliphatic heterocycles. The fraction of sp³-hybridized carbons (Fsp3) is 0.0833. The summed E-state index contributed by atoms with van der Waals surface area (Å²) in [6.07, 6.45) is 2.66. The van der Waals surface area contributed by atoms with Crippen LogP contribution >= 0.6 is 15.9 Å². The molecule has 1 aromatic heterocycles. The van der Waals surface area contributed by atoms with Gasteiger partial charge in [0.05, 0.1) is 11.9 Å². The van der Waals surface area contributed by atoms with E-state index in [0.29, 0.717) is 22.3 Å². The highest BCUT2D eigenvalue weighted by Gasteiger charge is 2.02. The van der Waals surface area contributed by atoms with Crippen molar-refractivity contribution in [2.45, 2.75) is 6.54 Å². The largest absolute Gasteiger partial charge is 0.379 e. The van der Waals surface area contributed by atoms with Gasteiger partial charge in [0.25, 0.3) is 0 Å². The van der Waals surface area contributed by atoms with E-state index < -0.39 is 5.82 Å². The monoisotopic (exact) mass is 298 g/mol. The van der Waals surface area contributed by atoms with E-state index in [1.807, 2.05) is 0 Å². The first-order valence-corrected chi connectivity index (χ1v) is 5.73. The summed E-state index contributed by atoms with van der Waals surface area (Å²) in [5.74, 6) is -0.760. The number of rotatable bonds is 3. The predicted molar refractivity (Wildman–Crippen MR) is 65.6 cm³/mol. The molecule has 0 bridgehead atoms. The molecule has 0 saturated carbocycles. The molecule has 0 saturated heterocycles. The van der Waals surface area contributed by atoms with Crippen molar-refractivity contribution in [3.05, 3.63) is 58.3 Å². The summed E-state index contributed by atoms with van der Waals surface area (Å²) in [6, 6.07) is 6.07. The Morgan fingerprint density at radius 2 is 2.00 bits per heavy atom. The minimum Gasteiger partial charge on any atom is -0.379 e. The van der Waals surface area contributed by atoms with Crippen LogP contribution in [0.4, 0.5) is 14.5 Å². The molecular weight excluding hydrogens is 290 g/mol. The Morgan fingerprint density at radius 1 is 1.18 bits per heavy atom. The highest BCUT2D eigenvalue weighted by molar-refractivity contribution is 9.10. The van der Waals surface area contributed by atoms with Crippen molar-refractivity contribution in [1.82, 2.24) is 4.98 Å². The number of hydrogen-bond acceptors (Lipinski definition) is 2. The van der Waals surface area contributed by atoms with E-state index in [4.69, 9.17) is 0 Å². The van der Waals surface area contributed by atoms with Gasteiger partial charge >= 0.3 is 0 Å². The molecule has 2 rings (SSSR count). The third-order valence-corrected chi connectivity index (χ3v) is 2.67. The lowest BCUT2D eigenvalue weighted by Gasteiger charge is -2.07. The van der Waals surface area contributed by atoms with Gasteiger partial charge < -0.3 is 5.32 Å². The van der Waals surface area contributed by atoms with Crippen molar-refractivity contribution >= 4 is 21.6 Å². The SMILES string of the molecule is Fc1cncc(CNc2ccc(Br)cc2F)c1. The first-order valence-electron chi connectivity index (χ1n) is 4.93. The molecule has 0 radical (unpaired) electrons. The smallest absolute Gasteiger partial charge is 0.147 e. The summed E-state index contributed by atoms with van der Waals surface area (Å²) < 4.78 is 27.0. The van der Waals surface area contributed by atoms with Crippen LogP contribution in [0.1, 0.15) is 5.56 Å². The van der Waals surface area contributed by atoms with Crippen molar-refractivity contribution in [3.63, 3.8) is 0 Å². The van der Waals surface area contributed by atoms with Gasteiger partial charge in [-0.1, -0.05) is 15.9 Å². The van der Waals surface area contributed by atoms with Crippen LogP contribution in [0.15, 0.2) is 41.1 Å². The molecule has 5 heteroatoms. The lowest BCUT2D eigenvalue weighted by molar-refractivity contribution is 0.618. The molecule has 0 fully saturated rings. The van der Waals surface area contributed by atoms with E-state index in [1.54, 1.807) is 12.1 Å². The van der Waals surface area contributed by atoms with E-state index in [1.165, 1.54) is 18.3 Å². The molecule has 17 heavy (non-hydrogen) atoms. The molecule has 0 amide bonds. The topological polar surface area (TPSA) is 24.9 Å². The second kappa shape index (κ2) is 5.23. The van der Waals surface area contributed by atoms with Crippen molar-refractivity contribution in [2.75, 3.05) is 5.32 Å². The van der Waals surface area contributed by atoms with Gasteiger partial charge in [-0.15, -0.1) is 0 Å². The Kier molecular flexibility index (Phi) is 3.68. The fourth-order valence-corrected chi connectivity index (χ4v) is 1.72. The number of hydrogen-bond donors (Lipinski definition) is 1. The highest BCUT2D eigenvalue weighted by Crippen LogP contribution is 2.19. The number of nitrogens with one attached hydrogen (secondary N) is 1. The van der Waals surface area contributed by atoms with Crippen molar-refractivity contribution < 1.29 is 8.78 Å². The van der Waals surface area contributed by atoms with Gasteiger partial charge in [0, 0.05) is 17.2 Å². The van der Waals surface area contributed by atoms with Gasteiger partial charge in [0.1, 0.15) is 11.6 Å². The summed E-state index contributed by atoms with van der Waals surface area (Å²) in [6.45, 7) is 0.323. The standard InChI is InChI=1S/C12H9BrF2N2/c13-9-1-2-12(11(15)4-9)17-6-8-3-10(14)7-16-5-8/h1-5,7,17H,6H2. The van der Waals surface area contributed by atoms with Crippen molar-refractivity contribution in [3.8, 4) is 0 Å². The molecule has 88 valence electrons. The Balaban J connectivity index is 2.07. The maximum absolute atomic E-state index is 13.5. The van der Waals surface area contributed by atoms with E-state index >= 15 is 0 Å². The maximum Gasteiger partial charge on any atom is 0.147 e. The lowest BCUT2D eigenvalue weighted by Crippen LogP contribution is -2.02. The maximum atomic E-state index is 13.5. The van der Waals surface area contributed by atoms with Crippen LogP contribution in [-0.2, 0) is 6.54 Å². The van der Waals surface area contributed by atoms with E-state index in [0.717, 1.165) is 6.20 Å².